The Balaban J connectivity index is 3.40. The predicted molar refractivity (Wildman–Crippen MR) is 48.9 cm³/mol. The molecule has 0 fully saturated rings. The highest BCUT2D eigenvalue weighted by Crippen LogP contribution is 2.10. The van der Waals surface area contributed by atoms with E-state index in [2.05, 4.69) is 16.0 Å². The van der Waals surface area contributed by atoms with Gasteiger partial charge in [0.05, 0.1) is 5.69 Å². The van der Waals surface area contributed by atoms with Crippen molar-refractivity contribution in [1.82, 2.24) is 9.97 Å². The smallest absolute Gasteiger partial charge is 0.126 e. The van der Waals surface area contributed by atoms with E-state index in [9.17, 15) is 0 Å². The summed E-state index contributed by atoms with van der Waals surface area (Å²) in [6, 6.07) is 2.06. The van der Waals surface area contributed by atoms with Gasteiger partial charge in [0, 0.05) is 0 Å². The molecule has 0 spiro atoms. The molecule has 0 aromatic carbocycles. The molecule has 1 aromatic heterocycles. The first-order chi connectivity index (χ1) is 5.15. The zero-order valence-electron chi connectivity index (χ0n) is 6.22. The Hall–Kier alpha value is -0.700. The highest BCUT2D eigenvalue weighted by Gasteiger charge is 2.05. The van der Waals surface area contributed by atoms with Crippen molar-refractivity contribution in [1.29, 1.82) is 5.26 Å². The van der Waals surface area contributed by atoms with Gasteiger partial charge in [-0.1, -0.05) is 0 Å². The first kappa shape index (κ1) is 8.40. The van der Waals surface area contributed by atoms with Crippen molar-refractivity contribution in [3.05, 3.63) is 20.8 Å². The molecular formula is C7H6IN3. The SMILES string of the molecule is Cc1nc(C)c(C#N)c(I)n1. The first-order valence-corrected chi connectivity index (χ1v) is 4.14. The van der Waals surface area contributed by atoms with Crippen LogP contribution in [0.25, 0.3) is 0 Å². The Labute approximate surface area is 78.6 Å². The molecule has 0 atom stereocenters. The van der Waals surface area contributed by atoms with E-state index in [1.165, 1.54) is 0 Å². The summed E-state index contributed by atoms with van der Waals surface area (Å²) in [5, 5.41) is 8.66. The molecule has 0 saturated heterocycles. The van der Waals surface area contributed by atoms with Crippen LogP contribution in [0.3, 0.4) is 0 Å². The van der Waals surface area contributed by atoms with Gasteiger partial charge in [0.1, 0.15) is 21.2 Å². The summed E-state index contributed by atoms with van der Waals surface area (Å²) in [6.45, 7) is 3.63. The zero-order chi connectivity index (χ0) is 8.43. The maximum absolute atomic E-state index is 8.66. The van der Waals surface area contributed by atoms with E-state index in [1.54, 1.807) is 0 Å². The average molecular weight is 259 g/mol. The van der Waals surface area contributed by atoms with E-state index in [0.717, 1.165) is 9.39 Å². The highest BCUT2D eigenvalue weighted by atomic mass is 127. The van der Waals surface area contributed by atoms with Gasteiger partial charge in [-0.3, -0.25) is 0 Å². The van der Waals surface area contributed by atoms with Crippen molar-refractivity contribution in [3.8, 4) is 6.07 Å². The second-order valence-electron chi connectivity index (χ2n) is 2.13. The minimum Gasteiger partial charge on any atom is -0.237 e. The third-order valence-corrected chi connectivity index (χ3v) is 2.05. The lowest BCUT2D eigenvalue weighted by Gasteiger charge is -1.99. The molecule has 1 heterocycles. The number of aromatic nitrogens is 2. The molecule has 0 amide bonds. The molecule has 0 aliphatic heterocycles. The van der Waals surface area contributed by atoms with Gasteiger partial charge in [0.15, 0.2) is 0 Å². The molecule has 0 aliphatic carbocycles. The number of halogens is 1. The molecule has 0 saturated carbocycles. The quantitative estimate of drug-likeness (QED) is 0.525. The lowest BCUT2D eigenvalue weighted by atomic mass is 10.3. The third-order valence-electron chi connectivity index (χ3n) is 1.27. The number of aryl methyl sites for hydroxylation is 2. The molecule has 1 rings (SSSR count). The van der Waals surface area contributed by atoms with Gasteiger partial charge in [-0.2, -0.15) is 5.26 Å². The lowest BCUT2D eigenvalue weighted by molar-refractivity contribution is 0.980. The average Bonchev–Trinajstić information content (AvgIpc) is 1.85. The summed E-state index contributed by atoms with van der Waals surface area (Å²) >= 11 is 2.04. The van der Waals surface area contributed by atoms with Crippen LogP contribution < -0.4 is 0 Å². The first-order valence-electron chi connectivity index (χ1n) is 3.06. The minimum absolute atomic E-state index is 0.580. The number of nitriles is 1. The van der Waals surface area contributed by atoms with E-state index in [-0.39, 0.29) is 0 Å². The van der Waals surface area contributed by atoms with Gasteiger partial charge >= 0.3 is 0 Å². The van der Waals surface area contributed by atoms with Crippen molar-refractivity contribution in [2.24, 2.45) is 0 Å². The Morgan fingerprint density at radius 2 is 2.00 bits per heavy atom. The highest BCUT2D eigenvalue weighted by molar-refractivity contribution is 14.1. The van der Waals surface area contributed by atoms with E-state index < -0.39 is 0 Å². The topological polar surface area (TPSA) is 49.6 Å². The van der Waals surface area contributed by atoms with Crippen molar-refractivity contribution < 1.29 is 0 Å². The normalized spacial score (nSPS) is 9.27. The summed E-state index contributed by atoms with van der Waals surface area (Å²) in [5.74, 6) is 0.714. The second kappa shape index (κ2) is 3.13. The van der Waals surface area contributed by atoms with Crippen molar-refractivity contribution in [2.45, 2.75) is 13.8 Å². The minimum atomic E-state index is 0.580. The van der Waals surface area contributed by atoms with Gasteiger partial charge in [-0.15, -0.1) is 0 Å². The van der Waals surface area contributed by atoms with Gasteiger partial charge in [-0.25, -0.2) is 9.97 Å². The lowest BCUT2D eigenvalue weighted by Crippen LogP contribution is -1.98. The van der Waals surface area contributed by atoms with Gasteiger partial charge in [-0.05, 0) is 36.4 Å². The standard InChI is InChI=1S/C7H6IN3/c1-4-6(3-9)7(8)11-5(2)10-4/h1-2H3. The van der Waals surface area contributed by atoms with Gasteiger partial charge in [0.25, 0.3) is 0 Å². The fourth-order valence-corrected chi connectivity index (χ4v) is 1.66. The van der Waals surface area contributed by atoms with E-state index in [4.69, 9.17) is 5.26 Å². The summed E-state index contributed by atoms with van der Waals surface area (Å²) in [7, 11) is 0. The number of rotatable bonds is 0. The van der Waals surface area contributed by atoms with Crippen LogP contribution in [0.15, 0.2) is 0 Å². The predicted octanol–water partition coefficient (Wildman–Crippen LogP) is 1.57. The molecule has 3 nitrogen and oxygen atoms in total. The zero-order valence-corrected chi connectivity index (χ0v) is 8.38. The Morgan fingerprint density at radius 3 is 2.45 bits per heavy atom. The Bertz CT molecular complexity index is 304. The molecule has 1 aromatic rings. The van der Waals surface area contributed by atoms with Crippen LogP contribution in [0.2, 0.25) is 0 Å². The molecule has 56 valence electrons. The molecule has 0 aliphatic rings. The van der Waals surface area contributed by atoms with Crippen molar-refractivity contribution in [2.75, 3.05) is 0 Å². The number of nitrogens with zero attached hydrogens (tertiary/aromatic N) is 3. The molecule has 0 bridgehead atoms. The van der Waals surface area contributed by atoms with E-state index in [1.807, 2.05) is 36.4 Å². The monoisotopic (exact) mass is 259 g/mol. The summed E-state index contributed by atoms with van der Waals surface area (Å²) in [6.07, 6.45) is 0. The molecule has 0 radical (unpaired) electrons. The largest absolute Gasteiger partial charge is 0.237 e. The van der Waals surface area contributed by atoms with Crippen LogP contribution in [-0.4, -0.2) is 9.97 Å². The van der Waals surface area contributed by atoms with Crippen LogP contribution in [-0.2, 0) is 0 Å². The Kier molecular flexibility index (Phi) is 2.39. The van der Waals surface area contributed by atoms with Crippen LogP contribution in [0.5, 0.6) is 0 Å². The maximum Gasteiger partial charge on any atom is 0.126 e. The molecule has 11 heavy (non-hydrogen) atoms. The summed E-state index contributed by atoms with van der Waals surface area (Å²) in [5.41, 5.74) is 1.33. The van der Waals surface area contributed by atoms with Crippen LogP contribution in [0.1, 0.15) is 17.1 Å². The molecule has 0 unspecified atom stereocenters. The van der Waals surface area contributed by atoms with Crippen LogP contribution in [0, 0.1) is 28.9 Å². The number of hydrogen-bond donors (Lipinski definition) is 0. The summed E-state index contributed by atoms with van der Waals surface area (Å²) < 4.78 is 0.732. The molecular weight excluding hydrogens is 253 g/mol. The summed E-state index contributed by atoms with van der Waals surface area (Å²) in [4.78, 5) is 8.13. The Morgan fingerprint density at radius 1 is 1.36 bits per heavy atom. The van der Waals surface area contributed by atoms with Gasteiger partial charge < -0.3 is 0 Å². The van der Waals surface area contributed by atoms with Crippen molar-refractivity contribution in [3.63, 3.8) is 0 Å². The molecule has 4 heteroatoms. The van der Waals surface area contributed by atoms with Crippen LogP contribution in [0.4, 0.5) is 0 Å². The van der Waals surface area contributed by atoms with E-state index >= 15 is 0 Å². The maximum atomic E-state index is 8.66. The van der Waals surface area contributed by atoms with Crippen LogP contribution >= 0.6 is 22.6 Å². The van der Waals surface area contributed by atoms with E-state index in [0.29, 0.717) is 11.4 Å². The van der Waals surface area contributed by atoms with Crippen molar-refractivity contribution >= 4 is 22.6 Å². The number of hydrogen-bond acceptors (Lipinski definition) is 3. The van der Waals surface area contributed by atoms with Gasteiger partial charge in [0.2, 0.25) is 0 Å². The second-order valence-corrected chi connectivity index (χ2v) is 3.16. The fourth-order valence-electron chi connectivity index (χ4n) is 0.798. The molecule has 0 N–H and O–H groups in total. The third kappa shape index (κ3) is 1.66. The fraction of sp³-hybridized carbons (Fsp3) is 0.286.